The first kappa shape index (κ1) is 17.6. The van der Waals surface area contributed by atoms with Gasteiger partial charge in [-0.2, -0.15) is 0 Å². The Kier molecular flexibility index (Phi) is 7.22. The second-order valence-electron chi connectivity index (χ2n) is 5.39. The first-order chi connectivity index (χ1) is 11.2. The monoisotopic (exact) mass is 336 g/mol. The summed E-state index contributed by atoms with van der Waals surface area (Å²) >= 11 is 1.57. The molecule has 7 heteroatoms. The quantitative estimate of drug-likeness (QED) is 0.676. The third-order valence-electron chi connectivity index (χ3n) is 3.32. The van der Waals surface area contributed by atoms with Crippen LogP contribution in [0, 0.1) is 0 Å². The van der Waals surface area contributed by atoms with Crippen LogP contribution in [-0.2, 0) is 11.3 Å². The topological polar surface area (TPSA) is 71.3 Å². The van der Waals surface area contributed by atoms with Crippen molar-refractivity contribution in [3.05, 3.63) is 23.4 Å². The zero-order valence-corrected chi connectivity index (χ0v) is 14.6. The molecule has 6 nitrogen and oxygen atoms in total. The molecule has 126 valence electrons. The lowest BCUT2D eigenvalue weighted by molar-refractivity contribution is -0.122. The minimum absolute atomic E-state index is 0.0462. The normalized spacial score (nSPS) is 11.1. The van der Waals surface area contributed by atoms with Crippen molar-refractivity contribution in [2.45, 2.75) is 39.7 Å². The van der Waals surface area contributed by atoms with Gasteiger partial charge in [0.15, 0.2) is 0 Å². The average molecular weight is 336 g/mol. The maximum Gasteiger partial charge on any atom is 0.257 e. The molecule has 0 aliphatic carbocycles. The number of carbonyl (C=O) groups excluding carboxylic acids is 1. The van der Waals surface area contributed by atoms with E-state index in [1.54, 1.807) is 11.3 Å². The minimum atomic E-state index is 0.0462. The Morgan fingerprint density at radius 3 is 2.91 bits per heavy atom. The molecule has 0 spiro atoms. The van der Waals surface area contributed by atoms with E-state index in [9.17, 15) is 4.79 Å². The number of hydrogen-bond donors (Lipinski definition) is 1. The third-order valence-corrected chi connectivity index (χ3v) is 4.18. The van der Waals surface area contributed by atoms with E-state index in [2.05, 4.69) is 29.4 Å². The summed E-state index contributed by atoms with van der Waals surface area (Å²) in [5.41, 5.74) is 0. The van der Waals surface area contributed by atoms with Crippen LogP contribution in [0.1, 0.15) is 39.0 Å². The van der Waals surface area contributed by atoms with Gasteiger partial charge < -0.3 is 9.73 Å². The van der Waals surface area contributed by atoms with Crippen LogP contribution in [0.3, 0.4) is 0 Å². The number of unbranched alkanes of at least 4 members (excludes halogenated alkanes) is 1. The average Bonchev–Trinajstić information content (AvgIpc) is 3.18. The summed E-state index contributed by atoms with van der Waals surface area (Å²) in [6.45, 7) is 6.60. The molecule has 0 saturated carbocycles. The standard InChI is InChI=1S/C16H24N4O2S/c1-3-5-8-17-14(21)11-20(9-4-2)12-15-18-19-16(22-15)13-7-6-10-23-13/h6-7,10H,3-5,8-9,11-12H2,1-2H3,(H,17,21). The van der Waals surface area contributed by atoms with Crippen molar-refractivity contribution < 1.29 is 9.21 Å². The Bertz CT molecular complexity index is 583. The summed E-state index contributed by atoms with van der Waals surface area (Å²) in [6, 6.07) is 3.90. The molecule has 0 saturated heterocycles. The number of nitrogens with zero attached hydrogens (tertiary/aromatic N) is 3. The van der Waals surface area contributed by atoms with Gasteiger partial charge in [-0.3, -0.25) is 9.69 Å². The molecule has 2 heterocycles. The lowest BCUT2D eigenvalue weighted by Crippen LogP contribution is -2.37. The SMILES string of the molecule is CCCCNC(=O)CN(CCC)Cc1nnc(-c2cccs2)o1. The van der Waals surface area contributed by atoms with Crippen LogP contribution in [0.15, 0.2) is 21.9 Å². The molecular formula is C16H24N4O2S. The Morgan fingerprint density at radius 2 is 2.22 bits per heavy atom. The maximum atomic E-state index is 12.0. The fraction of sp³-hybridized carbons (Fsp3) is 0.562. The van der Waals surface area contributed by atoms with E-state index < -0.39 is 0 Å². The van der Waals surface area contributed by atoms with Gasteiger partial charge in [-0.15, -0.1) is 21.5 Å². The zero-order chi connectivity index (χ0) is 16.5. The van der Waals surface area contributed by atoms with Crippen molar-refractivity contribution in [1.29, 1.82) is 0 Å². The minimum Gasteiger partial charge on any atom is -0.419 e. The lowest BCUT2D eigenvalue weighted by atomic mass is 10.3. The molecule has 0 unspecified atom stereocenters. The van der Waals surface area contributed by atoms with Gasteiger partial charge >= 0.3 is 0 Å². The van der Waals surface area contributed by atoms with E-state index in [4.69, 9.17) is 4.42 Å². The molecule has 1 amide bonds. The van der Waals surface area contributed by atoms with E-state index in [1.165, 1.54) is 0 Å². The largest absolute Gasteiger partial charge is 0.419 e. The van der Waals surface area contributed by atoms with Crippen molar-refractivity contribution in [3.63, 3.8) is 0 Å². The van der Waals surface area contributed by atoms with Gasteiger partial charge in [0.05, 0.1) is 18.0 Å². The predicted octanol–water partition coefficient (Wildman–Crippen LogP) is 2.93. The van der Waals surface area contributed by atoms with Gasteiger partial charge in [0.2, 0.25) is 11.8 Å². The van der Waals surface area contributed by atoms with E-state index in [1.807, 2.05) is 22.4 Å². The van der Waals surface area contributed by atoms with Crippen LogP contribution in [0.5, 0.6) is 0 Å². The maximum absolute atomic E-state index is 12.0. The van der Waals surface area contributed by atoms with Gasteiger partial charge in [0, 0.05) is 6.54 Å². The van der Waals surface area contributed by atoms with Gasteiger partial charge in [0.25, 0.3) is 5.89 Å². The predicted molar refractivity (Wildman–Crippen MR) is 91.1 cm³/mol. The number of thiophene rings is 1. The van der Waals surface area contributed by atoms with Gasteiger partial charge in [-0.1, -0.05) is 26.3 Å². The molecule has 1 N–H and O–H groups in total. The summed E-state index contributed by atoms with van der Waals surface area (Å²) in [6.07, 6.45) is 3.05. The highest BCUT2D eigenvalue weighted by Crippen LogP contribution is 2.23. The van der Waals surface area contributed by atoms with Gasteiger partial charge in [-0.05, 0) is 30.8 Å². The molecule has 0 atom stereocenters. The molecule has 0 fully saturated rings. The molecule has 0 aromatic carbocycles. The summed E-state index contributed by atoms with van der Waals surface area (Å²) < 4.78 is 5.70. The molecule has 2 rings (SSSR count). The molecule has 2 aromatic heterocycles. The lowest BCUT2D eigenvalue weighted by Gasteiger charge is -2.19. The van der Waals surface area contributed by atoms with E-state index in [0.29, 0.717) is 24.9 Å². The fourth-order valence-corrected chi connectivity index (χ4v) is 2.85. The van der Waals surface area contributed by atoms with Crippen molar-refractivity contribution in [2.24, 2.45) is 0 Å². The third kappa shape index (κ3) is 5.76. The molecule has 0 bridgehead atoms. The van der Waals surface area contributed by atoms with Crippen molar-refractivity contribution in [1.82, 2.24) is 20.4 Å². The summed E-state index contributed by atoms with van der Waals surface area (Å²) in [4.78, 5) is 15.0. The van der Waals surface area contributed by atoms with Crippen LogP contribution in [0.2, 0.25) is 0 Å². The van der Waals surface area contributed by atoms with E-state index >= 15 is 0 Å². The Balaban J connectivity index is 1.90. The van der Waals surface area contributed by atoms with E-state index in [0.717, 1.165) is 37.2 Å². The number of hydrogen-bond acceptors (Lipinski definition) is 6. The molecule has 0 aliphatic rings. The highest BCUT2D eigenvalue weighted by atomic mass is 32.1. The number of aromatic nitrogens is 2. The smallest absolute Gasteiger partial charge is 0.257 e. The molecular weight excluding hydrogens is 312 g/mol. The fourth-order valence-electron chi connectivity index (χ4n) is 2.20. The number of nitrogens with one attached hydrogen (secondary N) is 1. The molecule has 0 radical (unpaired) electrons. The highest BCUT2D eigenvalue weighted by molar-refractivity contribution is 7.13. The van der Waals surface area contributed by atoms with Gasteiger partial charge in [-0.25, -0.2) is 0 Å². The Labute approximate surface area is 140 Å². The Morgan fingerprint density at radius 1 is 1.35 bits per heavy atom. The number of carbonyl (C=O) groups is 1. The van der Waals surface area contributed by atoms with Crippen LogP contribution in [0.25, 0.3) is 10.8 Å². The number of rotatable bonds is 10. The van der Waals surface area contributed by atoms with Crippen LogP contribution in [0.4, 0.5) is 0 Å². The zero-order valence-electron chi connectivity index (χ0n) is 13.7. The highest BCUT2D eigenvalue weighted by Gasteiger charge is 2.15. The van der Waals surface area contributed by atoms with Crippen LogP contribution < -0.4 is 5.32 Å². The first-order valence-corrected chi connectivity index (χ1v) is 8.96. The van der Waals surface area contributed by atoms with Crippen LogP contribution >= 0.6 is 11.3 Å². The Hall–Kier alpha value is -1.73. The summed E-state index contributed by atoms with van der Waals surface area (Å²) in [5.74, 6) is 1.13. The van der Waals surface area contributed by atoms with Crippen molar-refractivity contribution in [3.8, 4) is 10.8 Å². The van der Waals surface area contributed by atoms with Gasteiger partial charge in [0.1, 0.15) is 0 Å². The van der Waals surface area contributed by atoms with E-state index in [-0.39, 0.29) is 5.91 Å². The second kappa shape index (κ2) is 9.42. The first-order valence-electron chi connectivity index (χ1n) is 8.08. The number of amides is 1. The van der Waals surface area contributed by atoms with Crippen molar-refractivity contribution in [2.75, 3.05) is 19.6 Å². The van der Waals surface area contributed by atoms with Crippen molar-refractivity contribution >= 4 is 17.2 Å². The molecule has 2 aromatic rings. The van der Waals surface area contributed by atoms with Crippen LogP contribution in [-0.4, -0.2) is 40.6 Å². The molecule has 0 aliphatic heterocycles. The summed E-state index contributed by atoms with van der Waals surface area (Å²) in [7, 11) is 0. The molecule has 23 heavy (non-hydrogen) atoms. The summed E-state index contributed by atoms with van der Waals surface area (Å²) in [5, 5.41) is 13.1. The second-order valence-corrected chi connectivity index (χ2v) is 6.34.